The molecule has 20 heavy (non-hydrogen) atoms. The molecular weight excluding hydrogens is 279 g/mol. The highest BCUT2D eigenvalue weighted by atomic mass is 35.5. The molecule has 0 fully saturated rings. The summed E-state index contributed by atoms with van der Waals surface area (Å²) in [6.07, 6.45) is 3.45. The van der Waals surface area contributed by atoms with Gasteiger partial charge < -0.3 is 10.3 Å². The monoisotopic (exact) mass is 290 g/mol. The fourth-order valence-corrected chi connectivity index (χ4v) is 2.45. The number of pyridine rings is 1. The summed E-state index contributed by atoms with van der Waals surface area (Å²) in [5.41, 5.74) is 8.11. The van der Waals surface area contributed by atoms with Gasteiger partial charge in [0.2, 0.25) is 5.95 Å². The van der Waals surface area contributed by atoms with E-state index < -0.39 is 5.82 Å². The largest absolute Gasteiger partial charge is 0.369 e. The molecule has 6 heteroatoms. The molecule has 1 unspecified atom stereocenters. The highest BCUT2D eigenvalue weighted by molar-refractivity contribution is 6.31. The summed E-state index contributed by atoms with van der Waals surface area (Å²) in [4.78, 5) is 8.32. The lowest BCUT2D eigenvalue weighted by atomic mass is 10.1. The van der Waals surface area contributed by atoms with Gasteiger partial charge in [-0.2, -0.15) is 0 Å². The van der Waals surface area contributed by atoms with E-state index in [1.54, 1.807) is 17.0 Å². The van der Waals surface area contributed by atoms with Crippen LogP contribution in [0.3, 0.4) is 0 Å². The van der Waals surface area contributed by atoms with Gasteiger partial charge in [0.15, 0.2) is 0 Å². The summed E-state index contributed by atoms with van der Waals surface area (Å²) in [7, 11) is 0. The quantitative estimate of drug-likeness (QED) is 0.787. The zero-order valence-corrected chi connectivity index (χ0v) is 11.5. The van der Waals surface area contributed by atoms with Gasteiger partial charge in [0.25, 0.3) is 0 Å². The fraction of sp³-hybridized carbons (Fsp3) is 0.143. The van der Waals surface area contributed by atoms with Crippen molar-refractivity contribution in [1.82, 2.24) is 14.5 Å². The molecule has 0 amide bonds. The van der Waals surface area contributed by atoms with Crippen LogP contribution in [-0.4, -0.2) is 14.5 Å². The molecule has 102 valence electrons. The molecule has 0 spiro atoms. The van der Waals surface area contributed by atoms with E-state index >= 15 is 0 Å². The first-order valence-corrected chi connectivity index (χ1v) is 6.48. The second kappa shape index (κ2) is 4.76. The van der Waals surface area contributed by atoms with Crippen LogP contribution in [0, 0.1) is 5.82 Å². The van der Waals surface area contributed by atoms with Crippen LogP contribution in [0.1, 0.15) is 18.5 Å². The Hall–Kier alpha value is -2.14. The van der Waals surface area contributed by atoms with Crippen molar-refractivity contribution in [2.75, 3.05) is 5.73 Å². The van der Waals surface area contributed by atoms with Crippen LogP contribution in [0.15, 0.2) is 36.7 Å². The van der Waals surface area contributed by atoms with E-state index in [1.165, 1.54) is 12.1 Å². The molecule has 3 aromatic rings. The Morgan fingerprint density at radius 1 is 1.40 bits per heavy atom. The molecule has 0 aliphatic carbocycles. The number of imidazole rings is 1. The van der Waals surface area contributed by atoms with Gasteiger partial charge in [-0.3, -0.25) is 4.98 Å². The van der Waals surface area contributed by atoms with Crippen molar-refractivity contribution in [2.45, 2.75) is 13.0 Å². The minimum Gasteiger partial charge on any atom is -0.369 e. The minimum absolute atomic E-state index is 0.0381. The lowest BCUT2D eigenvalue weighted by molar-refractivity contribution is 0.625. The van der Waals surface area contributed by atoms with Crippen molar-refractivity contribution in [2.24, 2.45) is 0 Å². The number of nitrogens with two attached hydrogens (primary N) is 1. The fourth-order valence-electron chi connectivity index (χ4n) is 2.29. The molecule has 1 aromatic carbocycles. The van der Waals surface area contributed by atoms with Crippen molar-refractivity contribution in [3.63, 3.8) is 0 Å². The summed E-state index contributed by atoms with van der Waals surface area (Å²) in [6, 6.07) is 6.52. The molecule has 3 rings (SSSR count). The van der Waals surface area contributed by atoms with Crippen molar-refractivity contribution < 1.29 is 4.39 Å². The SMILES string of the molecule is CC(c1cccnc1)n1c(N)nc2cc(Cl)c(F)cc21. The Balaban J connectivity index is 2.21. The number of hydrogen-bond donors (Lipinski definition) is 1. The molecule has 0 aliphatic heterocycles. The topological polar surface area (TPSA) is 56.7 Å². The second-order valence-corrected chi connectivity index (χ2v) is 4.96. The summed E-state index contributed by atoms with van der Waals surface area (Å²) in [6.45, 7) is 1.96. The molecule has 0 bridgehead atoms. The van der Waals surface area contributed by atoms with Gasteiger partial charge in [-0.1, -0.05) is 17.7 Å². The lowest BCUT2D eigenvalue weighted by Gasteiger charge is -2.16. The smallest absolute Gasteiger partial charge is 0.201 e. The number of anilines is 1. The molecule has 4 nitrogen and oxygen atoms in total. The summed E-state index contributed by atoms with van der Waals surface area (Å²) >= 11 is 5.77. The van der Waals surface area contributed by atoms with E-state index in [1.807, 2.05) is 19.1 Å². The van der Waals surface area contributed by atoms with E-state index in [2.05, 4.69) is 9.97 Å². The first kappa shape index (κ1) is 12.9. The lowest BCUT2D eigenvalue weighted by Crippen LogP contribution is -2.10. The molecule has 0 saturated carbocycles. The number of fused-ring (bicyclic) bond motifs is 1. The van der Waals surface area contributed by atoms with Gasteiger partial charge >= 0.3 is 0 Å². The molecule has 2 heterocycles. The standard InChI is InChI=1S/C14H12ClFN4/c1-8(9-3-2-4-18-7-9)20-13-6-11(16)10(15)5-12(13)19-14(20)17/h2-8H,1H3,(H2,17,19). The molecular formula is C14H12ClFN4. The van der Waals surface area contributed by atoms with Crippen molar-refractivity contribution >= 4 is 28.6 Å². The third-order valence-electron chi connectivity index (χ3n) is 3.31. The van der Waals surface area contributed by atoms with Crippen LogP contribution in [-0.2, 0) is 0 Å². The maximum absolute atomic E-state index is 13.7. The summed E-state index contributed by atoms with van der Waals surface area (Å²) in [5.74, 6) is -0.170. The Labute approximate surface area is 120 Å². The summed E-state index contributed by atoms with van der Waals surface area (Å²) in [5, 5.41) is 0.0381. The van der Waals surface area contributed by atoms with Gasteiger partial charge in [-0.25, -0.2) is 9.37 Å². The first-order chi connectivity index (χ1) is 9.58. The zero-order chi connectivity index (χ0) is 14.3. The Bertz CT molecular complexity index is 770. The van der Waals surface area contributed by atoms with Crippen LogP contribution in [0.5, 0.6) is 0 Å². The average molecular weight is 291 g/mol. The van der Waals surface area contributed by atoms with Crippen LogP contribution >= 0.6 is 11.6 Å². The predicted molar refractivity (Wildman–Crippen MR) is 77.2 cm³/mol. The maximum Gasteiger partial charge on any atom is 0.201 e. The number of halogens is 2. The predicted octanol–water partition coefficient (Wildman–Crippen LogP) is 3.42. The number of aromatic nitrogens is 3. The zero-order valence-electron chi connectivity index (χ0n) is 10.7. The molecule has 0 aliphatic rings. The Kier molecular flexibility index (Phi) is 3.06. The summed E-state index contributed by atoms with van der Waals surface area (Å²) < 4.78 is 15.4. The molecule has 0 radical (unpaired) electrons. The number of nitrogens with zero attached hydrogens (tertiary/aromatic N) is 3. The van der Waals surface area contributed by atoms with E-state index in [9.17, 15) is 4.39 Å². The van der Waals surface area contributed by atoms with Crippen molar-refractivity contribution in [3.8, 4) is 0 Å². The van der Waals surface area contributed by atoms with E-state index in [-0.39, 0.29) is 11.1 Å². The average Bonchev–Trinajstić information content (AvgIpc) is 2.75. The van der Waals surface area contributed by atoms with Crippen molar-refractivity contribution in [3.05, 3.63) is 53.1 Å². The first-order valence-electron chi connectivity index (χ1n) is 6.10. The number of rotatable bonds is 2. The van der Waals surface area contributed by atoms with E-state index in [0.29, 0.717) is 17.0 Å². The van der Waals surface area contributed by atoms with Crippen LogP contribution in [0.25, 0.3) is 11.0 Å². The van der Waals surface area contributed by atoms with Crippen LogP contribution in [0.4, 0.5) is 10.3 Å². The number of hydrogen-bond acceptors (Lipinski definition) is 3. The third kappa shape index (κ3) is 2.00. The van der Waals surface area contributed by atoms with Gasteiger partial charge in [0, 0.05) is 18.5 Å². The minimum atomic E-state index is -0.487. The third-order valence-corrected chi connectivity index (χ3v) is 3.60. The number of benzene rings is 1. The molecule has 0 saturated heterocycles. The normalized spacial score (nSPS) is 12.8. The molecule has 2 aromatic heterocycles. The van der Waals surface area contributed by atoms with Gasteiger partial charge in [0.1, 0.15) is 5.82 Å². The van der Waals surface area contributed by atoms with Gasteiger partial charge in [0.05, 0.1) is 22.1 Å². The second-order valence-electron chi connectivity index (χ2n) is 4.56. The Morgan fingerprint density at radius 2 is 2.20 bits per heavy atom. The van der Waals surface area contributed by atoms with E-state index in [4.69, 9.17) is 17.3 Å². The van der Waals surface area contributed by atoms with Gasteiger partial charge in [-0.05, 0) is 24.6 Å². The van der Waals surface area contributed by atoms with Gasteiger partial charge in [-0.15, -0.1) is 0 Å². The maximum atomic E-state index is 13.7. The van der Waals surface area contributed by atoms with Crippen LogP contribution < -0.4 is 5.73 Å². The highest BCUT2D eigenvalue weighted by Gasteiger charge is 2.17. The molecule has 1 atom stereocenters. The number of nitrogen functional groups attached to an aromatic ring is 1. The van der Waals surface area contributed by atoms with E-state index in [0.717, 1.165) is 5.56 Å². The van der Waals surface area contributed by atoms with Crippen molar-refractivity contribution in [1.29, 1.82) is 0 Å². The Morgan fingerprint density at radius 3 is 2.90 bits per heavy atom. The highest BCUT2D eigenvalue weighted by Crippen LogP contribution is 2.29. The van der Waals surface area contributed by atoms with Crippen LogP contribution in [0.2, 0.25) is 5.02 Å². The molecule has 2 N–H and O–H groups in total.